The quantitative estimate of drug-likeness (QED) is 0.667. The standard InChI is InChI=1S/C13H16N4OS2/c1-9(2)17-12(18)15-16-13(17)20-8-11-6-10(7-19-11)4-3-5-14/h6-7,9H,5,8,14H2,1-2H3,(H,15,18). The van der Waals surface area contributed by atoms with Gasteiger partial charge in [-0.05, 0) is 19.9 Å². The first-order valence-corrected chi connectivity index (χ1v) is 8.04. The van der Waals surface area contributed by atoms with Crippen molar-refractivity contribution in [2.24, 2.45) is 5.73 Å². The van der Waals surface area contributed by atoms with Crippen molar-refractivity contribution >= 4 is 23.1 Å². The molecule has 0 amide bonds. The summed E-state index contributed by atoms with van der Waals surface area (Å²) in [6, 6.07) is 2.14. The highest BCUT2D eigenvalue weighted by Crippen LogP contribution is 2.25. The molecule has 20 heavy (non-hydrogen) atoms. The van der Waals surface area contributed by atoms with Gasteiger partial charge in [0.25, 0.3) is 0 Å². The molecule has 0 bridgehead atoms. The van der Waals surface area contributed by atoms with E-state index in [2.05, 4.69) is 22.0 Å². The molecule has 0 saturated carbocycles. The number of thioether (sulfide) groups is 1. The Kier molecular flexibility index (Phi) is 5.06. The molecule has 0 aliphatic heterocycles. The maximum atomic E-state index is 11.6. The fraction of sp³-hybridized carbons (Fsp3) is 0.385. The Hall–Kier alpha value is -1.49. The predicted octanol–water partition coefficient (Wildman–Crippen LogP) is 1.82. The van der Waals surface area contributed by atoms with Crippen LogP contribution in [0.5, 0.6) is 0 Å². The van der Waals surface area contributed by atoms with E-state index in [0.717, 1.165) is 11.3 Å². The van der Waals surface area contributed by atoms with Crippen molar-refractivity contribution in [2.45, 2.75) is 30.8 Å². The molecule has 5 nitrogen and oxygen atoms in total. The van der Waals surface area contributed by atoms with E-state index in [0.29, 0.717) is 11.7 Å². The summed E-state index contributed by atoms with van der Waals surface area (Å²) in [5.74, 6) is 6.61. The summed E-state index contributed by atoms with van der Waals surface area (Å²) in [5.41, 5.74) is 6.17. The predicted molar refractivity (Wildman–Crippen MR) is 83.0 cm³/mol. The Bertz CT molecular complexity index is 687. The third-order valence-electron chi connectivity index (χ3n) is 2.52. The molecular formula is C13H16N4OS2. The van der Waals surface area contributed by atoms with Gasteiger partial charge in [-0.25, -0.2) is 9.89 Å². The lowest BCUT2D eigenvalue weighted by Gasteiger charge is -2.07. The van der Waals surface area contributed by atoms with Crippen molar-refractivity contribution < 1.29 is 0 Å². The number of nitrogens with one attached hydrogen (secondary N) is 1. The van der Waals surface area contributed by atoms with Gasteiger partial charge < -0.3 is 5.73 Å². The lowest BCUT2D eigenvalue weighted by molar-refractivity contribution is 0.534. The fourth-order valence-electron chi connectivity index (χ4n) is 1.66. The van der Waals surface area contributed by atoms with Gasteiger partial charge in [-0.15, -0.1) is 16.4 Å². The highest BCUT2D eigenvalue weighted by Gasteiger charge is 2.12. The molecule has 0 aliphatic rings. The van der Waals surface area contributed by atoms with Crippen LogP contribution >= 0.6 is 23.1 Å². The second-order valence-corrected chi connectivity index (χ2v) is 6.31. The second-order valence-electron chi connectivity index (χ2n) is 4.37. The van der Waals surface area contributed by atoms with Gasteiger partial charge in [0.1, 0.15) is 0 Å². The topological polar surface area (TPSA) is 76.7 Å². The Morgan fingerprint density at radius 2 is 2.40 bits per heavy atom. The summed E-state index contributed by atoms with van der Waals surface area (Å²) in [6.45, 7) is 4.30. The first-order chi connectivity index (χ1) is 9.61. The zero-order valence-electron chi connectivity index (χ0n) is 11.3. The number of rotatable bonds is 4. The maximum Gasteiger partial charge on any atom is 0.344 e. The van der Waals surface area contributed by atoms with Gasteiger partial charge >= 0.3 is 5.69 Å². The van der Waals surface area contributed by atoms with Gasteiger partial charge in [0.15, 0.2) is 5.16 Å². The van der Waals surface area contributed by atoms with Gasteiger partial charge in [-0.2, -0.15) is 0 Å². The minimum absolute atomic E-state index is 0.0954. The monoisotopic (exact) mass is 308 g/mol. The fourth-order valence-corrected chi connectivity index (χ4v) is 3.61. The summed E-state index contributed by atoms with van der Waals surface area (Å²) in [5, 5.41) is 9.28. The molecule has 0 aliphatic carbocycles. The highest BCUT2D eigenvalue weighted by molar-refractivity contribution is 7.98. The van der Waals surface area contributed by atoms with Crippen LogP contribution in [0.1, 0.15) is 30.3 Å². The number of aromatic nitrogens is 3. The van der Waals surface area contributed by atoms with Crippen LogP contribution in [0.25, 0.3) is 0 Å². The Labute approximate surface area is 125 Å². The number of nitrogens with two attached hydrogens (primary N) is 1. The normalized spacial score (nSPS) is 10.6. The molecule has 0 saturated heterocycles. The summed E-state index contributed by atoms with van der Waals surface area (Å²) in [6.07, 6.45) is 0. The van der Waals surface area contributed by atoms with E-state index in [1.54, 1.807) is 27.7 Å². The average Bonchev–Trinajstić information content (AvgIpc) is 3.00. The number of H-pyrrole nitrogens is 1. The van der Waals surface area contributed by atoms with Crippen molar-refractivity contribution in [2.75, 3.05) is 6.54 Å². The van der Waals surface area contributed by atoms with E-state index in [4.69, 9.17) is 5.73 Å². The second kappa shape index (κ2) is 6.79. The van der Waals surface area contributed by atoms with E-state index in [9.17, 15) is 4.79 Å². The highest BCUT2D eigenvalue weighted by atomic mass is 32.2. The summed E-state index contributed by atoms with van der Waals surface area (Å²) in [7, 11) is 0. The van der Waals surface area contributed by atoms with Crippen molar-refractivity contribution in [1.82, 2.24) is 14.8 Å². The lowest BCUT2D eigenvalue weighted by Crippen LogP contribution is -2.19. The Balaban J connectivity index is 2.06. The molecule has 2 rings (SSSR count). The molecule has 2 aromatic rings. The van der Waals surface area contributed by atoms with Gasteiger partial charge in [-0.3, -0.25) is 4.57 Å². The molecule has 0 fully saturated rings. The Morgan fingerprint density at radius 3 is 3.10 bits per heavy atom. The molecule has 0 unspecified atom stereocenters. The minimum atomic E-state index is -0.164. The summed E-state index contributed by atoms with van der Waals surface area (Å²) in [4.78, 5) is 12.8. The number of nitrogens with zero attached hydrogens (tertiary/aromatic N) is 2. The first kappa shape index (κ1) is 14.9. The maximum absolute atomic E-state index is 11.6. The van der Waals surface area contributed by atoms with E-state index in [1.807, 2.05) is 25.3 Å². The molecule has 0 aromatic carbocycles. The van der Waals surface area contributed by atoms with E-state index >= 15 is 0 Å². The number of aromatic amines is 1. The summed E-state index contributed by atoms with van der Waals surface area (Å²) < 4.78 is 1.66. The summed E-state index contributed by atoms with van der Waals surface area (Å²) >= 11 is 3.20. The van der Waals surface area contributed by atoms with Gasteiger partial charge in [0, 0.05) is 27.6 Å². The third kappa shape index (κ3) is 3.54. The molecule has 3 N–H and O–H groups in total. The van der Waals surface area contributed by atoms with Crippen LogP contribution in [0.15, 0.2) is 21.4 Å². The first-order valence-electron chi connectivity index (χ1n) is 6.18. The zero-order valence-corrected chi connectivity index (χ0v) is 13.0. The molecule has 0 radical (unpaired) electrons. The van der Waals surface area contributed by atoms with E-state index in [-0.39, 0.29) is 11.7 Å². The van der Waals surface area contributed by atoms with Crippen molar-refractivity contribution in [3.8, 4) is 11.8 Å². The lowest BCUT2D eigenvalue weighted by atomic mass is 10.3. The molecule has 106 valence electrons. The van der Waals surface area contributed by atoms with Crippen LogP contribution < -0.4 is 11.4 Å². The molecule has 2 aromatic heterocycles. The molecule has 0 atom stereocenters. The van der Waals surface area contributed by atoms with Crippen molar-refractivity contribution in [3.05, 3.63) is 32.4 Å². The van der Waals surface area contributed by atoms with Crippen molar-refractivity contribution in [1.29, 1.82) is 0 Å². The van der Waals surface area contributed by atoms with Gasteiger partial charge in [-0.1, -0.05) is 23.6 Å². The van der Waals surface area contributed by atoms with Gasteiger partial charge in [0.05, 0.1) is 6.54 Å². The van der Waals surface area contributed by atoms with Crippen LogP contribution in [0.4, 0.5) is 0 Å². The molecule has 7 heteroatoms. The van der Waals surface area contributed by atoms with E-state index in [1.165, 1.54) is 4.88 Å². The van der Waals surface area contributed by atoms with Crippen LogP contribution in [-0.2, 0) is 5.75 Å². The third-order valence-corrected chi connectivity index (χ3v) is 4.64. The number of hydrogen-bond acceptors (Lipinski definition) is 5. The molecule has 0 spiro atoms. The van der Waals surface area contributed by atoms with Crippen LogP contribution in [0, 0.1) is 11.8 Å². The van der Waals surface area contributed by atoms with Crippen LogP contribution in [0.3, 0.4) is 0 Å². The number of hydrogen-bond donors (Lipinski definition) is 2. The zero-order chi connectivity index (χ0) is 14.5. The van der Waals surface area contributed by atoms with Crippen LogP contribution in [0.2, 0.25) is 0 Å². The largest absolute Gasteiger partial charge is 0.344 e. The van der Waals surface area contributed by atoms with E-state index < -0.39 is 0 Å². The minimum Gasteiger partial charge on any atom is -0.320 e. The van der Waals surface area contributed by atoms with Gasteiger partial charge in [0.2, 0.25) is 0 Å². The smallest absolute Gasteiger partial charge is 0.320 e. The molecular weight excluding hydrogens is 292 g/mol. The van der Waals surface area contributed by atoms with Crippen LogP contribution in [-0.4, -0.2) is 21.3 Å². The Morgan fingerprint density at radius 1 is 1.60 bits per heavy atom. The number of thiophene rings is 1. The average molecular weight is 308 g/mol. The van der Waals surface area contributed by atoms with Crippen molar-refractivity contribution in [3.63, 3.8) is 0 Å². The SMILES string of the molecule is CC(C)n1c(SCc2cc(C#CCN)cs2)n[nH]c1=O. The molecule has 2 heterocycles.